The van der Waals surface area contributed by atoms with Crippen LogP contribution < -0.4 is 15.0 Å². The smallest absolute Gasteiger partial charge is 0.266 e. The monoisotopic (exact) mass is 547 g/mol. The predicted octanol–water partition coefficient (Wildman–Crippen LogP) is 6.00. The van der Waals surface area contributed by atoms with Crippen molar-refractivity contribution >= 4 is 16.8 Å². The highest BCUT2D eigenvalue weighted by Crippen LogP contribution is 2.25. The van der Waals surface area contributed by atoms with Gasteiger partial charge in [0.25, 0.3) is 11.5 Å². The second kappa shape index (κ2) is 13.0. The summed E-state index contributed by atoms with van der Waals surface area (Å²) in [6, 6.07) is 33.4. The maximum atomic E-state index is 13.9. The molecule has 0 fully saturated rings. The number of fused-ring (bicyclic) bond motifs is 1. The molecule has 7 nitrogen and oxygen atoms in total. The average molecular weight is 548 g/mol. The van der Waals surface area contributed by atoms with Crippen LogP contribution >= 0.6 is 0 Å². The summed E-state index contributed by atoms with van der Waals surface area (Å²) in [5.74, 6) is 1.61. The minimum Gasteiger partial charge on any atom is -0.494 e. The molecule has 0 aliphatic carbocycles. The fraction of sp³-hybridized carbons (Fsp3) is 0.206. The summed E-state index contributed by atoms with van der Waals surface area (Å²) in [5.41, 5.74) is 2.14. The minimum absolute atomic E-state index is 0.135. The molecule has 0 aliphatic rings. The Morgan fingerprint density at radius 1 is 0.829 bits per heavy atom. The third-order valence-corrected chi connectivity index (χ3v) is 6.96. The van der Waals surface area contributed by atoms with Gasteiger partial charge >= 0.3 is 0 Å². The number of rotatable bonds is 11. The van der Waals surface area contributed by atoms with Gasteiger partial charge in [-0.15, -0.1) is 0 Å². The Labute approximate surface area is 239 Å². The van der Waals surface area contributed by atoms with Crippen molar-refractivity contribution < 1.29 is 14.3 Å². The first-order valence-electron chi connectivity index (χ1n) is 13.8. The maximum Gasteiger partial charge on any atom is 0.266 e. The zero-order valence-electron chi connectivity index (χ0n) is 23.3. The second-order valence-corrected chi connectivity index (χ2v) is 9.66. The summed E-state index contributed by atoms with van der Waals surface area (Å²) >= 11 is 0. The van der Waals surface area contributed by atoms with Crippen LogP contribution in [0.25, 0.3) is 16.6 Å². The molecule has 0 saturated heterocycles. The Morgan fingerprint density at radius 3 is 2.17 bits per heavy atom. The number of ether oxygens (including phenoxy) is 2. The van der Waals surface area contributed by atoms with E-state index in [-0.39, 0.29) is 18.1 Å². The van der Waals surface area contributed by atoms with Crippen LogP contribution in [0.2, 0.25) is 0 Å². The van der Waals surface area contributed by atoms with Gasteiger partial charge in [0, 0.05) is 6.54 Å². The van der Waals surface area contributed by atoms with Crippen LogP contribution in [0.3, 0.4) is 0 Å². The molecule has 5 rings (SSSR count). The van der Waals surface area contributed by atoms with Gasteiger partial charge in [-0.3, -0.25) is 14.2 Å². The first-order valence-corrected chi connectivity index (χ1v) is 13.8. The van der Waals surface area contributed by atoms with Gasteiger partial charge in [0.2, 0.25) is 0 Å². The second-order valence-electron chi connectivity index (χ2n) is 9.66. The van der Waals surface area contributed by atoms with E-state index in [4.69, 9.17) is 14.5 Å². The molecule has 0 bridgehead atoms. The standard InChI is InChI=1S/C34H33N3O4/c1-3-40-29-20-18-27(19-21-29)37-33(35-31-17-11-10-16-30(31)34(37)39)25(2)36(23-22-26-12-6-4-7-13-26)32(38)24-41-28-14-8-5-9-15-28/h4-21,25H,3,22-24H2,1-2H3. The van der Waals surface area contributed by atoms with Crippen LogP contribution in [0.5, 0.6) is 11.5 Å². The van der Waals surface area contributed by atoms with Gasteiger partial charge in [-0.05, 0) is 74.4 Å². The van der Waals surface area contributed by atoms with Crippen molar-refractivity contribution in [1.29, 1.82) is 0 Å². The largest absolute Gasteiger partial charge is 0.494 e. The SMILES string of the molecule is CCOc1ccc(-n2c(C(C)N(CCc3ccccc3)C(=O)COc3ccccc3)nc3ccccc3c2=O)cc1. The highest BCUT2D eigenvalue weighted by atomic mass is 16.5. The Kier molecular flexibility index (Phi) is 8.74. The highest BCUT2D eigenvalue weighted by Gasteiger charge is 2.27. The van der Waals surface area contributed by atoms with Gasteiger partial charge in [-0.25, -0.2) is 4.98 Å². The predicted molar refractivity (Wildman–Crippen MR) is 161 cm³/mol. The number of benzene rings is 4. The average Bonchev–Trinajstić information content (AvgIpc) is 3.01. The van der Waals surface area contributed by atoms with E-state index in [2.05, 4.69) is 0 Å². The van der Waals surface area contributed by atoms with E-state index >= 15 is 0 Å². The van der Waals surface area contributed by atoms with Gasteiger partial charge in [0.1, 0.15) is 17.3 Å². The highest BCUT2D eigenvalue weighted by molar-refractivity contribution is 5.79. The normalized spacial score (nSPS) is 11.7. The molecule has 4 aromatic carbocycles. The molecule has 0 aliphatic heterocycles. The van der Waals surface area contributed by atoms with Crippen molar-refractivity contribution in [3.8, 4) is 17.2 Å². The van der Waals surface area contributed by atoms with Crippen LogP contribution in [-0.2, 0) is 11.2 Å². The van der Waals surface area contributed by atoms with Crippen LogP contribution in [0.4, 0.5) is 0 Å². The number of hydrogen-bond donors (Lipinski definition) is 0. The third-order valence-electron chi connectivity index (χ3n) is 6.96. The Hall–Kier alpha value is -4.91. The number of aromatic nitrogens is 2. The number of para-hydroxylation sites is 2. The molecule has 0 spiro atoms. The maximum absolute atomic E-state index is 13.9. The molecule has 1 atom stereocenters. The van der Waals surface area contributed by atoms with Gasteiger partial charge in [-0.1, -0.05) is 60.7 Å². The van der Waals surface area contributed by atoms with Crippen LogP contribution in [0, 0.1) is 0 Å². The van der Waals surface area contributed by atoms with Gasteiger partial charge < -0.3 is 14.4 Å². The molecule has 41 heavy (non-hydrogen) atoms. The quantitative estimate of drug-likeness (QED) is 0.203. The molecule has 208 valence electrons. The molecule has 0 radical (unpaired) electrons. The van der Waals surface area contributed by atoms with E-state index in [1.54, 1.807) is 15.5 Å². The number of nitrogens with zero attached hydrogens (tertiary/aromatic N) is 3. The summed E-state index contributed by atoms with van der Waals surface area (Å²) in [5, 5.41) is 0.506. The summed E-state index contributed by atoms with van der Waals surface area (Å²) in [6.45, 7) is 4.67. The van der Waals surface area contributed by atoms with Crippen molar-refractivity contribution in [2.75, 3.05) is 19.8 Å². The van der Waals surface area contributed by atoms with E-state index in [0.717, 1.165) is 5.56 Å². The van der Waals surface area contributed by atoms with E-state index in [1.807, 2.05) is 117 Å². The molecule has 1 heterocycles. The third kappa shape index (κ3) is 6.47. The van der Waals surface area contributed by atoms with Crippen molar-refractivity contribution in [1.82, 2.24) is 14.5 Å². The van der Waals surface area contributed by atoms with Gasteiger partial charge in [0.05, 0.1) is 29.2 Å². The number of amides is 1. The molecule has 5 aromatic rings. The van der Waals surface area contributed by atoms with Crippen molar-refractivity contribution in [2.45, 2.75) is 26.3 Å². The molecule has 1 aromatic heterocycles. The zero-order chi connectivity index (χ0) is 28.6. The van der Waals surface area contributed by atoms with Gasteiger partial charge in [0.15, 0.2) is 6.61 Å². The summed E-state index contributed by atoms with van der Waals surface area (Å²) < 4.78 is 13.1. The van der Waals surface area contributed by atoms with E-state index in [1.165, 1.54) is 0 Å². The zero-order valence-corrected chi connectivity index (χ0v) is 23.3. The minimum atomic E-state index is -0.533. The summed E-state index contributed by atoms with van der Waals surface area (Å²) in [6.07, 6.45) is 0.642. The topological polar surface area (TPSA) is 73.7 Å². The lowest BCUT2D eigenvalue weighted by Gasteiger charge is -2.30. The molecule has 1 amide bonds. The molecule has 0 N–H and O–H groups in total. The van der Waals surface area contributed by atoms with Crippen molar-refractivity contribution in [2.24, 2.45) is 0 Å². The fourth-order valence-electron chi connectivity index (χ4n) is 4.85. The molecule has 1 unspecified atom stereocenters. The molecular weight excluding hydrogens is 514 g/mol. The van der Waals surface area contributed by atoms with E-state index in [0.29, 0.717) is 53.5 Å². The van der Waals surface area contributed by atoms with Crippen LogP contribution in [0.1, 0.15) is 31.3 Å². The summed E-state index contributed by atoms with van der Waals surface area (Å²) in [4.78, 5) is 34.3. The van der Waals surface area contributed by atoms with E-state index < -0.39 is 6.04 Å². The molecular formula is C34H33N3O4. The number of carbonyl (C=O) groups is 1. The van der Waals surface area contributed by atoms with Crippen LogP contribution in [0.15, 0.2) is 114 Å². The first-order chi connectivity index (χ1) is 20.0. The first kappa shape index (κ1) is 27.6. The lowest BCUT2D eigenvalue weighted by Crippen LogP contribution is -2.41. The Balaban J connectivity index is 1.55. The van der Waals surface area contributed by atoms with Crippen LogP contribution in [-0.4, -0.2) is 40.1 Å². The lowest BCUT2D eigenvalue weighted by atomic mass is 10.1. The van der Waals surface area contributed by atoms with Crippen molar-refractivity contribution in [3.05, 3.63) is 131 Å². The Morgan fingerprint density at radius 2 is 1.46 bits per heavy atom. The lowest BCUT2D eigenvalue weighted by molar-refractivity contribution is -0.135. The van der Waals surface area contributed by atoms with E-state index in [9.17, 15) is 9.59 Å². The fourth-order valence-corrected chi connectivity index (χ4v) is 4.85. The number of carbonyl (C=O) groups excluding carboxylic acids is 1. The number of hydrogen-bond acceptors (Lipinski definition) is 5. The van der Waals surface area contributed by atoms with Gasteiger partial charge in [-0.2, -0.15) is 0 Å². The summed E-state index contributed by atoms with van der Waals surface area (Å²) in [7, 11) is 0. The van der Waals surface area contributed by atoms with Crippen molar-refractivity contribution in [3.63, 3.8) is 0 Å². The molecule has 7 heteroatoms. The molecule has 0 saturated carbocycles. The Bertz CT molecular complexity index is 1650.